The van der Waals surface area contributed by atoms with Gasteiger partial charge in [0, 0.05) is 39.3 Å². The van der Waals surface area contributed by atoms with E-state index < -0.39 is 8.07 Å². The molecule has 0 bridgehead atoms. The normalized spacial score (nSPS) is 18.9. The van der Waals surface area contributed by atoms with Crippen LogP contribution in [0, 0.1) is 6.92 Å². The van der Waals surface area contributed by atoms with Crippen LogP contribution in [-0.2, 0) is 11.8 Å². The maximum atomic E-state index is 5.25. The first-order valence-corrected chi connectivity index (χ1v) is 29.0. The van der Waals surface area contributed by atoms with Crippen LogP contribution in [0.1, 0.15) is 161 Å². The highest BCUT2D eigenvalue weighted by molar-refractivity contribution is 6.89. The lowest BCUT2D eigenvalue weighted by Crippen LogP contribution is -2.55. The topological polar surface area (TPSA) is 12.7 Å². The van der Waals surface area contributed by atoms with Crippen LogP contribution in [-0.4, -0.2) is 12.6 Å². The lowest BCUT2D eigenvalue weighted by molar-refractivity contribution is -0.719. The summed E-state index contributed by atoms with van der Waals surface area (Å²) < 4.78 is 8.10. The monoisotopic (exact) mass is 886 g/mol. The molecule has 0 amide bonds. The molecule has 66 heavy (non-hydrogen) atoms. The van der Waals surface area contributed by atoms with Gasteiger partial charge in [0.05, 0.1) is 20.1 Å². The molecule has 2 atom stereocenters. The fourth-order valence-electron chi connectivity index (χ4n) is 13.3. The lowest BCUT2D eigenvalue weighted by atomic mass is 9.76. The number of aryl methyl sites for hydroxylation is 2. The Morgan fingerprint density at radius 3 is 2.14 bits per heavy atom. The first-order chi connectivity index (χ1) is 31.6. The number of rotatable bonds is 5. The average molecular weight is 886 g/mol. The third-order valence-electron chi connectivity index (χ3n) is 16.7. The van der Waals surface area contributed by atoms with Crippen LogP contribution < -0.4 is 14.3 Å². The van der Waals surface area contributed by atoms with Gasteiger partial charge in [-0.15, -0.1) is 0 Å². The van der Waals surface area contributed by atoms with Gasteiger partial charge in [-0.2, -0.15) is 13.7 Å². The standard InChI is InChI=1S/C62H71N3Si/c1-38(2)44-26-20-27-45(39(3)4)60(44)65-55-30-18-17-29-54(55)64-41(6)33-56-48(32-31-43-34-53-51(35-50(43)61(64)65)59-40(5)21-19-28-52(59)62(53,7)8)46-24-15-16-25-47(46)57-36-49(42-22-13-12-14-23-42)58(37-63(56)57)66(9,10)11/h15-21,24-30,34-39,42,48,56H,6,12-14,22-23,31-33H2,1-5,7-11H3/q+2. The van der Waals surface area contributed by atoms with Gasteiger partial charge in [-0.1, -0.05) is 160 Å². The summed E-state index contributed by atoms with van der Waals surface area (Å²) in [6.07, 6.45) is 12.3. The molecule has 1 saturated carbocycles. The molecule has 5 aromatic carbocycles. The quantitative estimate of drug-likeness (QED) is 0.121. The Hall–Kier alpha value is -5.32. The molecule has 336 valence electrons. The minimum atomic E-state index is -1.74. The van der Waals surface area contributed by atoms with E-state index in [1.165, 1.54) is 122 Å². The molecule has 4 heterocycles. The molecule has 4 aliphatic rings. The summed E-state index contributed by atoms with van der Waals surface area (Å²) in [6, 6.07) is 40.9. The van der Waals surface area contributed by atoms with Gasteiger partial charge in [-0.05, 0) is 119 Å². The Morgan fingerprint density at radius 1 is 0.712 bits per heavy atom. The second kappa shape index (κ2) is 15.9. The van der Waals surface area contributed by atoms with Gasteiger partial charge in [0.1, 0.15) is 11.4 Å². The second-order valence-corrected chi connectivity index (χ2v) is 27.9. The first kappa shape index (κ1) is 43.3. The van der Waals surface area contributed by atoms with E-state index in [-0.39, 0.29) is 11.5 Å². The Labute approximate surface area is 396 Å². The highest BCUT2D eigenvalue weighted by Crippen LogP contribution is 2.53. The number of benzene rings is 5. The van der Waals surface area contributed by atoms with Crippen LogP contribution in [0.25, 0.3) is 56.2 Å². The summed E-state index contributed by atoms with van der Waals surface area (Å²) in [7, 11) is -1.74. The number of hydrogen-bond donors (Lipinski definition) is 0. The highest BCUT2D eigenvalue weighted by Gasteiger charge is 2.46. The van der Waals surface area contributed by atoms with Crippen molar-refractivity contribution in [3.63, 3.8) is 0 Å². The van der Waals surface area contributed by atoms with E-state index >= 15 is 0 Å². The second-order valence-electron chi connectivity index (χ2n) is 22.8. The predicted molar refractivity (Wildman–Crippen MR) is 280 cm³/mol. The number of fused-ring (bicyclic) bond motifs is 14. The summed E-state index contributed by atoms with van der Waals surface area (Å²) in [6.45, 7) is 29.7. The molecule has 3 nitrogen and oxygen atoms in total. The minimum Gasteiger partial charge on any atom is -0.195 e. The van der Waals surface area contributed by atoms with E-state index in [4.69, 9.17) is 6.58 Å². The number of pyridine rings is 1. The number of para-hydroxylation sites is 3. The van der Waals surface area contributed by atoms with Crippen LogP contribution in [0.5, 0.6) is 0 Å². The van der Waals surface area contributed by atoms with E-state index in [9.17, 15) is 0 Å². The van der Waals surface area contributed by atoms with Crippen LogP contribution in [0.15, 0.2) is 116 Å². The molecule has 1 fully saturated rings. The highest BCUT2D eigenvalue weighted by atomic mass is 28.3. The fourth-order valence-corrected chi connectivity index (χ4v) is 15.0. The molecule has 0 N–H and O–H groups in total. The van der Waals surface area contributed by atoms with Crippen LogP contribution in [0.4, 0.5) is 0 Å². The Morgan fingerprint density at radius 2 is 1.41 bits per heavy atom. The first-order valence-electron chi connectivity index (χ1n) is 25.5. The number of nitrogens with zero attached hydrogens (tertiary/aromatic N) is 3. The summed E-state index contributed by atoms with van der Waals surface area (Å²) >= 11 is 0. The number of aromatic nitrogens is 3. The molecule has 2 aliphatic heterocycles. The van der Waals surface area contributed by atoms with Crippen molar-refractivity contribution in [1.82, 2.24) is 4.57 Å². The lowest BCUT2D eigenvalue weighted by Gasteiger charge is -2.34. The number of allylic oxidation sites excluding steroid dienone is 1. The van der Waals surface area contributed by atoms with Crippen LogP contribution >= 0.6 is 0 Å². The molecule has 2 aromatic heterocycles. The Balaban J connectivity index is 1.23. The van der Waals surface area contributed by atoms with Crippen molar-refractivity contribution < 1.29 is 9.13 Å². The summed E-state index contributed by atoms with van der Waals surface area (Å²) in [5.74, 6) is 2.90. The molecule has 7 aromatic rings. The largest absolute Gasteiger partial charge is 0.300 e. The maximum absolute atomic E-state index is 5.25. The Bertz CT molecular complexity index is 3080. The summed E-state index contributed by atoms with van der Waals surface area (Å²) in [5, 5.41) is 1.66. The zero-order chi connectivity index (χ0) is 46.0. The van der Waals surface area contributed by atoms with E-state index in [1.54, 1.807) is 10.8 Å². The summed E-state index contributed by atoms with van der Waals surface area (Å²) in [4.78, 5) is 0. The van der Waals surface area contributed by atoms with Crippen molar-refractivity contribution in [2.24, 2.45) is 0 Å². The van der Waals surface area contributed by atoms with E-state index in [0.717, 1.165) is 25.0 Å². The van der Waals surface area contributed by atoms with Gasteiger partial charge < -0.3 is 0 Å². The average Bonchev–Trinajstić information content (AvgIpc) is 3.76. The third kappa shape index (κ3) is 6.62. The molecule has 2 unspecified atom stereocenters. The third-order valence-corrected chi connectivity index (χ3v) is 18.7. The van der Waals surface area contributed by atoms with Crippen molar-refractivity contribution in [3.05, 3.63) is 160 Å². The molecular weight excluding hydrogens is 815 g/mol. The van der Waals surface area contributed by atoms with Crippen LogP contribution in [0.2, 0.25) is 19.6 Å². The van der Waals surface area contributed by atoms with Gasteiger partial charge in [0.15, 0.2) is 23.3 Å². The number of hydrogen-bond acceptors (Lipinski definition) is 0. The fraction of sp³-hybridized carbons (Fsp3) is 0.387. The van der Waals surface area contributed by atoms with Crippen molar-refractivity contribution in [1.29, 1.82) is 0 Å². The van der Waals surface area contributed by atoms with Crippen LogP contribution in [0.3, 0.4) is 0 Å². The molecule has 0 saturated heterocycles. The van der Waals surface area contributed by atoms with Crippen molar-refractivity contribution in [2.75, 3.05) is 0 Å². The van der Waals surface area contributed by atoms with E-state index in [1.807, 2.05) is 0 Å². The van der Waals surface area contributed by atoms with Gasteiger partial charge in [-0.3, -0.25) is 0 Å². The van der Waals surface area contributed by atoms with E-state index in [0.29, 0.717) is 23.7 Å². The summed E-state index contributed by atoms with van der Waals surface area (Å²) in [5.41, 5.74) is 23.4. The molecule has 0 radical (unpaired) electrons. The Kier molecular flexibility index (Phi) is 10.4. The minimum absolute atomic E-state index is 0.111. The van der Waals surface area contributed by atoms with Crippen molar-refractivity contribution in [3.8, 4) is 39.5 Å². The maximum Gasteiger partial charge on any atom is 0.300 e. The van der Waals surface area contributed by atoms with Gasteiger partial charge in [-0.25, -0.2) is 0 Å². The molecule has 0 spiro atoms. The van der Waals surface area contributed by atoms with E-state index in [2.05, 4.69) is 191 Å². The molecule has 11 rings (SSSR count). The molecule has 2 aliphatic carbocycles. The van der Waals surface area contributed by atoms with Crippen molar-refractivity contribution >= 4 is 30.0 Å². The molecule has 4 heteroatoms. The van der Waals surface area contributed by atoms with Gasteiger partial charge >= 0.3 is 0 Å². The predicted octanol–water partition coefficient (Wildman–Crippen LogP) is 15.1. The zero-order valence-corrected chi connectivity index (χ0v) is 42.5. The zero-order valence-electron chi connectivity index (χ0n) is 41.5. The SMILES string of the molecule is C=C1CC2C(CCc3cc4c(cc3-c3n(-c5c(C(C)C)cccc5C(C)C)c5ccccc5[n+]31)-c1c(C)cccc1C4(C)C)c1ccccc1-c1cc(C3CCCCC3)c([Si](C)(C)C)c[n+]12. The smallest absolute Gasteiger partial charge is 0.195 e. The van der Waals surface area contributed by atoms with Crippen molar-refractivity contribution in [2.45, 2.75) is 155 Å². The molecular formula is C62H71N3Si+2. The number of imidazole rings is 1. The van der Waals surface area contributed by atoms with Gasteiger partial charge in [0.2, 0.25) is 5.69 Å². The van der Waals surface area contributed by atoms with Gasteiger partial charge in [0.25, 0.3) is 5.82 Å².